The lowest BCUT2D eigenvalue weighted by atomic mass is 10.1. The Morgan fingerprint density at radius 3 is 2.88 bits per heavy atom. The fourth-order valence-corrected chi connectivity index (χ4v) is 3.03. The van der Waals surface area contributed by atoms with Gasteiger partial charge in [0.25, 0.3) is 0 Å². The van der Waals surface area contributed by atoms with Crippen LogP contribution in [0.2, 0.25) is 0 Å². The first-order chi connectivity index (χ1) is 11.4. The molecule has 1 aromatic carbocycles. The van der Waals surface area contributed by atoms with E-state index in [9.17, 15) is 13.6 Å². The maximum Gasteiger partial charge on any atom is 0.224 e. The van der Waals surface area contributed by atoms with Gasteiger partial charge in [-0.05, 0) is 32.4 Å². The molecule has 7 heteroatoms. The van der Waals surface area contributed by atoms with Crippen LogP contribution in [-0.4, -0.2) is 30.2 Å². The van der Waals surface area contributed by atoms with Crippen LogP contribution in [0.1, 0.15) is 23.4 Å². The zero-order valence-corrected chi connectivity index (χ0v) is 13.6. The molecule has 1 N–H and O–H groups in total. The summed E-state index contributed by atoms with van der Waals surface area (Å²) in [5.74, 6) is -0.655. The van der Waals surface area contributed by atoms with Crippen LogP contribution in [0.15, 0.2) is 22.7 Å². The van der Waals surface area contributed by atoms with Crippen LogP contribution in [0.3, 0.4) is 0 Å². The maximum absolute atomic E-state index is 13.8. The van der Waals surface area contributed by atoms with Crippen molar-refractivity contribution in [3.05, 3.63) is 46.9 Å². The second-order valence-corrected chi connectivity index (χ2v) is 6.07. The van der Waals surface area contributed by atoms with Crippen LogP contribution in [0.4, 0.5) is 14.5 Å². The Morgan fingerprint density at radius 2 is 2.21 bits per heavy atom. The monoisotopic (exact) mass is 335 g/mol. The van der Waals surface area contributed by atoms with Crippen molar-refractivity contribution >= 4 is 11.6 Å². The summed E-state index contributed by atoms with van der Waals surface area (Å²) in [6.45, 7) is 4.68. The van der Waals surface area contributed by atoms with Gasteiger partial charge in [0.15, 0.2) is 0 Å². The fraction of sp³-hybridized carbons (Fsp3) is 0.412. The average molecular weight is 335 g/mol. The molecule has 0 spiro atoms. The first-order valence-electron chi connectivity index (χ1n) is 7.85. The number of aromatic nitrogens is 1. The smallest absolute Gasteiger partial charge is 0.224 e. The van der Waals surface area contributed by atoms with E-state index in [2.05, 4.69) is 10.5 Å². The molecule has 128 valence electrons. The number of nitrogens with zero attached hydrogens (tertiary/aromatic N) is 2. The third kappa shape index (κ3) is 3.39. The number of hydrogen-bond acceptors (Lipinski definition) is 4. The molecule has 3 rings (SSSR count). The highest BCUT2D eigenvalue weighted by Gasteiger charge is 2.26. The summed E-state index contributed by atoms with van der Waals surface area (Å²) in [4.78, 5) is 14.0. The highest BCUT2D eigenvalue weighted by atomic mass is 19.1. The van der Waals surface area contributed by atoms with Crippen LogP contribution >= 0.6 is 0 Å². The Morgan fingerprint density at radius 1 is 1.42 bits per heavy atom. The molecule has 1 unspecified atom stereocenters. The van der Waals surface area contributed by atoms with E-state index in [-0.39, 0.29) is 18.4 Å². The topological polar surface area (TPSA) is 58.4 Å². The highest BCUT2D eigenvalue weighted by molar-refractivity contribution is 5.79. The molecule has 1 aliphatic rings. The second-order valence-electron chi connectivity index (χ2n) is 6.07. The van der Waals surface area contributed by atoms with E-state index >= 15 is 0 Å². The number of halogens is 2. The molecule has 5 nitrogen and oxygen atoms in total. The number of benzene rings is 1. The second kappa shape index (κ2) is 6.59. The summed E-state index contributed by atoms with van der Waals surface area (Å²) in [5.41, 5.74) is 1.87. The lowest BCUT2D eigenvalue weighted by molar-refractivity contribution is -0.121. The molecule has 0 saturated carbocycles. The summed E-state index contributed by atoms with van der Waals surface area (Å²) in [6.07, 6.45) is 0.923. The van der Waals surface area contributed by atoms with Crippen LogP contribution in [-0.2, 0) is 11.2 Å². The number of amides is 1. The zero-order chi connectivity index (χ0) is 17.3. The van der Waals surface area contributed by atoms with Crippen molar-refractivity contribution in [2.45, 2.75) is 32.7 Å². The normalized spacial score (nSPS) is 17.3. The predicted molar refractivity (Wildman–Crippen MR) is 84.8 cm³/mol. The van der Waals surface area contributed by atoms with E-state index in [1.807, 2.05) is 4.90 Å². The molecule has 1 atom stereocenters. The van der Waals surface area contributed by atoms with Crippen molar-refractivity contribution in [1.29, 1.82) is 0 Å². The van der Waals surface area contributed by atoms with Gasteiger partial charge in [0.1, 0.15) is 17.4 Å². The number of rotatable bonds is 4. The van der Waals surface area contributed by atoms with Gasteiger partial charge in [0.05, 0.1) is 17.8 Å². The number of aryl methyl sites for hydroxylation is 2. The largest absolute Gasteiger partial charge is 0.367 e. The lowest BCUT2D eigenvalue weighted by Crippen LogP contribution is -2.38. The van der Waals surface area contributed by atoms with Crippen molar-refractivity contribution in [3.8, 4) is 0 Å². The summed E-state index contributed by atoms with van der Waals surface area (Å²) in [5, 5.41) is 6.79. The molecule has 2 aromatic rings. The van der Waals surface area contributed by atoms with E-state index in [4.69, 9.17) is 4.52 Å². The van der Waals surface area contributed by atoms with Crippen molar-refractivity contribution in [2.75, 3.05) is 18.0 Å². The number of carbonyl (C=O) groups is 1. The van der Waals surface area contributed by atoms with Crippen LogP contribution in [0.25, 0.3) is 0 Å². The van der Waals surface area contributed by atoms with Gasteiger partial charge in [-0.3, -0.25) is 4.79 Å². The van der Waals surface area contributed by atoms with Gasteiger partial charge in [-0.25, -0.2) is 8.78 Å². The molecule has 1 aliphatic heterocycles. The minimum atomic E-state index is -0.597. The Bertz CT molecular complexity index is 741. The number of nitrogens with one attached hydrogen (secondary N) is 1. The van der Waals surface area contributed by atoms with Gasteiger partial charge in [0, 0.05) is 30.8 Å². The summed E-state index contributed by atoms with van der Waals surface area (Å²) >= 11 is 0. The van der Waals surface area contributed by atoms with Gasteiger partial charge in [-0.2, -0.15) is 0 Å². The first-order valence-corrected chi connectivity index (χ1v) is 7.85. The van der Waals surface area contributed by atoms with Crippen molar-refractivity contribution in [2.24, 2.45) is 0 Å². The molecular weight excluding hydrogens is 316 g/mol. The Labute approximate surface area is 138 Å². The predicted octanol–water partition coefficient (Wildman–Crippen LogP) is 2.51. The van der Waals surface area contributed by atoms with Crippen LogP contribution in [0.5, 0.6) is 0 Å². The van der Waals surface area contributed by atoms with Gasteiger partial charge >= 0.3 is 0 Å². The molecule has 1 amide bonds. The zero-order valence-electron chi connectivity index (χ0n) is 13.6. The minimum absolute atomic E-state index is 0.0672. The Hall–Kier alpha value is -2.44. The van der Waals surface area contributed by atoms with Crippen molar-refractivity contribution in [1.82, 2.24) is 10.5 Å². The average Bonchev–Trinajstić information content (AvgIpc) is 3.09. The summed E-state index contributed by atoms with van der Waals surface area (Å²) in [6, 6.07) is 3.47. The van der Waals surface area contributed by atoms with E-state index in [1.54, 1.807) is 13.8 Å². The van der Waals surface area contributed by atoms with E-state index in [0.29, 0.717) is 36.7 Å². The Balaban J connectivity index is 1.59. The molecule has 0 bridgehead atoms. The molecule has 0 radical (unpaired) electrons. The minimum Gasteiger partial charge on any atom is -0.367 e. The Kier molecular flexibility index (Phi) is 4.51. The summed E-state index contributed by atoms with van der Waals surface area (Å²) < 4.78 is 31.9. The standard InChI is InChI=1S/C17H19F2N3O2/c1-10-14(11(2)24-21-10)8-17(23)20-13-5-6-22(9-13)16-4-3-12(18)7-15(16)19/h3-4,7,13H,5-6,8-9H2,1-2H3,(H,20,23). The highest BCUT2D eigenvalue weighted by Crippen LogP contribution is 2.24. The molecule has 1 aromatic heterocycles. The van der Waals surface area contributed by atoms with E-state index in [0.717, 1.165) is 11.6 Å². The molecule has 24 heavy (non-hydrogen) atoms. The van der Waals surface area contributed by atoms with E-state index < -0.39 is 11.6 Å². The third-order valence-corrected chi connectivity index (χ3v) is 4.32. The maximum atomic E-state index is 13.8. The number of carbonyl (C=O) groups excluding carboxylic acids is 1. The molecular formula is C17H19F2N3O2. The van der Waals surface area contributed by atoms with Crippen molar-refractivity contribution < 1.29 is 18.1 Å². The van der Waals surface area contributed by atoms with Crippen molar-refractivity contribution in [3.63, 3.8) is 0 Å². The molecule has 1 fully saturated rings. The van der Waals surface area contributed by atoms with Gasteiger partial charge in [-0.15, -0.1) is 0 Å². The fourth-order valence-electron chi connectivity index (χ4n) is 3.03. The third-order valence-electron chi connectivity index (χ3n) is 4.32. The molecule has 0 aliphatic carbocycles. The quantitative estimate of drug-likeness (QED) is 0.933. The number of anilines is 1. The van der Waals surface area contributed by atoms with Gasteiger partial charge in [-0.1, -0.05) is 5.16 Å². The lowest BCUT2D eigenvalue weighted by Gasteiger charge is -2.19. The van der Waals surface area contributed by atoms with Crippen LogP contribution < -0.4 is 10.2 Å². The first kappa shape index (κ1) is 16.4. The van der Waals surface area contributed by atoms with Crippen LogP contribution in [0, 0.1) is 25.5 Å². The van der Waals surface area contributed by atoms with Gasteiger partial charge < -0.3 is 14.7 Å². The molecule has 2 heterocycles. The summed E-state index contributed by atoms with van der Waals surface area (Å²) in [7, 11) is 0. The molecule has 1 saturated heterocycles. The SMILES string of the molecule is Cc1noc(C)c1CC(=O)NC1CCN(c2ccc(F)cc2F)C1. The van der Waals surface area contributed by atoms with Gasteiger partial charge in [0.2, 0.25) is 5.91 Å². The number of hydrogen-bond donors (Lipinski definition) is 1. The van der Waals surface area contributed by atoms with E-state index in [1.165, 1.54) is 12.1 Å².